The van der Waals surface area contributed by atoms with E-state index in [-0.39, 0.29) is 23.7 Å². The van der Waals surface area contributed by atoms with E-state index in [1.165, 1.54) is 0 Å². The Bertz CT molecular complexity index is 985. The molecule has 0 aromatic rings. The predicted octanol–water partition coefficient (Wildman–Crippen LogP) is 1.43. The summed E-state index contributed by atoms with van der Waals surface area (Å²) in [5.74, 6) is 1.09. The molecule has 9 heteroatoms. The van der Waals surface area contributed by atoms with Gasteiger partial charge in [-0.2, -0.15) is 0 Å². The second-order valence-corrected chi connectivity index (χ2v) is 13.7. The molecule has 2 aliphatic heterocycles. The van der Waals surface area contributed by atoms with Crippen LogP contribution >= 0.6 is 0 Å². The maximum Gasteiger partial charge on any atom is 0.331 e. The molecule has 0 amide bonds. The Morgan fingerprint density at radius 2 is 1.74 bits per heavy atom. The van der Waals surface area contributed by atoms with Crippen LogP contribution in [0.5, 0.6) is 0 Å². The van der Waals surface area contributed by atoms with Crippen molar-refractivity contribution in [3.63, 3.8) is 0 Å². The minimum atomic E-state index is -1.40. The van der Waals surface area contributed by atoms with Gasteiger partial charge in [-0.15, -0.1) is 0 Å². The summed E-state index contributed by atoms with van der Waals surface area (Å²) in [7, 11) is 0. The number of aliphatic hydroxyl groups is 5. The topological polar surface area (TPSA) is 146 Å². The van der Waals surface area contributed by atoms with E-state index in [4.69, 9.17) is 14.2 Å². The Hall–Kier alpha value is -1.07. The molecular weight excluding hydrogens is 492 g/mol. The van der Waals surface area contributed by atoms with E-state index in [2.05, 4.69) is 13.8 Å². The first-order chi connectivity index (χ1) is 17.9. The molecule has 1 saturated heterocycles. The zero-order chi connectivity index (χ0) is 27.2. The van der Waals surface area contributed by atoms with Crippen LogP contribution in [0.4, 0.5) is 0 Å². The molecule has 0 unspecified atom stereocenters. The lowest BCUT2D eigenvalue weighted by Crippen LogP contribution is -2.69. The molecular formula is C29H44O9. The Kier molecular flexibility index (Phi) is 6.58. The highest BCUT2D eigenvalue weighted by Crippen LogP contribution is 2.69. The normalized spacial score (nSPS) is 56.5. The summed E-state index contributed by atoms with van der Waals surface area (Å²) in [6.45, 7) is 6.51. The summed E-state index contributed by atoms with van der Waals surface area (Å²) < 4.78 is 17.0. The lowest BCUT2D eigenvalue weighted by Gasteiger charge is -2.65. The minimum absolute atomic E-state index is 0.0589. The predicted molar refractivity (Wildman–Crippen MR) is 134 cm³/mol. The van der Waals surface area contributed by atoms with Crippen LogP contribution in [0, 0.1) is 34.5 Å². The van der Waals surface area contributed by atoms with Gasteiger partial charge in [0.15, 0.2) is 6.29 Å². The van der Waals surface area contributed by atoms with E-state index in [1.54, 1.807) is 13.0 Å². The molecule has 4 saturated carbocycles. The van der Waals surface area contributed by atoms with Crippen LogP contribution in [0.25, 0.3) is 0 Å². The Morgan fingerprint density at radius 3 is 2.45 bits per heavy atom. The van der Waals surface area contributed by atoms with Gasteiger partial charge in [0.05, 0.1) is 23.9 Å². The van der Waals surface area contributed by atoms with Crippen molar-refractivity contribution in [2.24, 2.45) is 34.5 Å². The highest BCUT2D eigenvalue weighted by atomic mass is 16.7. The van der Waals surface area contributed by atoms with Gasteiger partial charge in [-0.1, -0.05) is 13.8 Å². The molecule has 0 aromatic heterocycles. The summed E-state index contributed by atoms with van der Waals surface area (Å²) in [5, 5.41) is 54.3. The van der Waals surface area contributed by atoms with E-state index in [0.29, 0.717) is 43.6 Å². The Balaban J connectivity index is 1.20. The van der Waals surface area contributed by atoms with Crippen molar-refractivity contribution < 1.29 is 44.5 Å². The highest BCUT2D eigenvalue weighted by Gasteiger charge is 2.68. The van der Waals surface area contributed by atoms with Crippen LogP contribution in [0.15, 0.2) is 11.6 Å². The van der Waals surface area contributed by atoms with Crippen molar-refractivity contribution in [2.75, 3.05) is 6.61 Å². The van der Waals surface area contributed by atoms with Gasteiger partial charge in [0.25, 0.3) is 0 Å². The number of esters is 1. The molecule has 0 radical (unpaired) electrons. The zero-order valence-corrected chi connectivity index (χ0v) is 22.7. The number of cyclic esters (lactones) is 1. The van der Waals surface area contributed by atoms with Gasteiger partial charge < -0.3 is 39.7 Å². The van der Waals surface area contributed by atoms with Gasteiger partial charge in [-0.05, 0) is 86.5 Å². The van der Waals surface area contributed by atoms with Crippen molar-refractivity contribution in [2.45, 2.75) is 121 Å². The van der Waals surface area contributed by atoms with Crippen LogP contribution in [-0.2, 0) is 19.0 Å². The fourth-order valence-corrected chi connectivity index (χ4v) is 9.87. The number of carbonyl (C=O) groups excluding carboxylic acids is 1. The monoisotopic (exact) mass is 536 g/mol. The largest absolute Gasteiger partial charge is 0.458 e. The number of ether oxygens (including phenoxy) is 3. The van der Waals surface area contributed by atoms with E-state index < -0.39 is 53.9 Å². The fourth-order valence-electron chi connectivity index (χ4n) is 9.87. The quantitative estimate of drug-likeness (QED) is 0.267. The smallest absolute Gasteiger partial charge is 0.331 e. The van der Waals surface area contributed by atoms with Crippen molar-refractivity contribution in [3.05, 3.63) is 11.6 Å². The fraction of sp³-hybridized carbons (Fsp3) is 0.897. The average molecular weight is 537 g/mol. The maximum absolute atomic E-state index is 12.1. The zero-order valence-electron chi connectivity index (χ0n) is 22.7. The molecule has 38 heavy (non-hydrogen) atoms. The lowest BCUT2D eigenvalue weighted by atomic mass is 9.42. The number of fused-ring (bicyclic) bond motifs is 5. The molecule has 9 nitrogen and oxygen atoms in total. The van der Waals surface area contributed by atoms with Gasteiger partial charge in [-0.3, -0.25) is 0 Å². The first-order valence-corrected chi connectivity index (χ1v) is 14.5. The summed E-state index contributed by atoms with van der Waals surface area (Å²) in [5.41, 5.74) is -0.631. The SMILES string of the molecule is C[C@@H]1O[C@@H](O[C@@H]2CC[C@]3(C)[C@H]4CC[C@]5(C)[C@@H](C6=CC(=O)OC6)CC[C@H]5[C@@H]4C[C@H](O)[C@]3(O)C2)[C@@H](O)[C@@H](O)[C@H]1O. The summed E-state index contributed by atoms with van der Waals surface area (Å²) in [6.07, 6.45) is 0.718. The molecule has 14 atom stereocenters. The van der Waals surface area contributed by atoms with Crippen molar-refractivity contribution in [1.29, 1.82) is 0 Å². The van der Waals surface area contributed by atoms with E-state index in [0.717, 1.165) is 31.3 Å². The third-order valence-electron chi connectivity index (χ3n) is 12.1. The standard InChI is InChI=1S/C29H44O9/c1-14-23(32)24(33)25(34)26(37-14)38-16-6-9-28(3)20-7-8-27(2)18(15-10-22(31)36-13-15)4-5-19(27)17(20)11-21(30)29(28,35)12-16/h10,14,16-21,23-26,30,32-35H,4-9,11-13H2,1-3H3/t14-,16+,17-,18+,19-,20-,21-,23-,24-,25-,26-,27+,28+,29+/m0/s1. The molecule has 6 rings (SSSR count). The minimum Gasteiger partial charge on any atom is -0.458 e. The van der Waals surface area contributed by atoms with Gasteiger partial charge in [-0.25, -0.2) is 4.79 Å². The second kappa shape index (κ2) is 9.23. The van der Waals surface area contributed by atoms with E-state index in [1.807, 2.05) is 0 Å². The van der Waals surface area contributed by atoms with Crippen LogP contribution in [0.1, 0.15) is 72.1 Å². The number of aliphatic hydroxyl groups excluding tert-OH is 4. The number of carbonyl (C=O) groups is 1. The van der Waals surface area contributed by atoms with E-state index >= 15 is 0 Å². The Morgan fingerprint density at radius 1 is 0.974 bits per heavy atom. The van der Waals surface area contributed by atoms with Gasteiger partial charge in [0, 0.05) is 17.9 Å². The molecule has 5 N–H and O–H groups in total. The summed E-state index contributed by atoms with van der Waals surface area (Å²) in [4.78, 5) is 11.8. The van der Waals surface area contributed by atoms with Crippen LogP contribution in [0.2, 0.25) is 0 Å². The van der Waals surface area contributed by atoms with Gasteiger partial charge >= 0.3 is 5.97 Å². The third kappa shape index (κ3) is 3.80. The van der Waals surface area contributed by atoms with Crippen LogP contribution in [0.3, 0.4) is 0 Å². The van der Waals surface area contributed by atoms with E-state index in [9.17, 15) is 30.3 Å². The van der Waals surface area contributed by atoms with Gasteiger partial charge in [0.2, 0.25) is 0 Å². The highest BCUT2D eigenvalue weighted by molar-refractivity contribution is 5.85. The number of hydrogen-bond acceptors (Lipinski definition) is 9. The third-order valence-corrected chi connectivity index (χ3v) is 12.1. The van der Waals surface area contributed by atoms with Crippen molar-refractivity contribution >= 4 is 5.97 Å². The first kappa shape index (κ1) is 27.1. The van der Waals surface area contributed by atoms with Crippen LogP contribution in [-0.4, -0.2) is 86.6 Å². The van der Waals surface area contributed by atoms with Crippen molar-refractivity contribution in [3.8, 4) is 0 Å². The molecule has 4 aliphatic carbocycles. The molecule has 6 aliphatic rings. The maximum atomic E-state index is 12.1. The van der Waals surface area contributed by atoms with Crippen LogP contribution < -0.4 is 0 Å². The number of hydrogen-bond donors (Lipinski definition) is 5. The summed E-state index contributed by atoms with van der Waals surface area (Å²) in [6, 6.07) is 0. The molecule has 214 valence electrons. The molecule has 2 heterocycles. The lowest BCUT2D eigenvalue weighted by molar-refractivity contribution is -0.323. The molecule has 0 spiro atoms. The van der Waals surface area contributed by atoms with Crippen molar-refractivity contribution in [1.82, 2.24) is 0 Å². The first-order valence-electron chi connectivity index (χ1n) is 14.5. The molecule has 0 bridgehead atoms. The van der Waals surface area contributed by atoms with Gasteiger partial charge in [0.1, 0.15) is 24.9 Å². The Labute approximate surface area is 224 Å². The number of rotatable bonds is 3. The summed E-state index contributed by atoms with van der Waals surface area (Å²) >= 11 is 0. The molecule has 5 fully saturated rings. The molecule has 0 aromatic carbocycles. The average Bonchev–Trinajstić information content (AvgIpc) is 3.45. The second-order valence-electron chi connectivity index (χ2n) is 13.7.